The van der Waals surface area contributed by atoms with Gasteiger partial charge in [-0.3, -0.25) is 9.89 Å². The number of hydrogen-bond acceptors (Lipinski definition) is 3. The summed E-state index contributed by atoms with van der Waals surface area (Å²) in [6.07, 6.45) is 7.82. The summed E-state index contributed by atoms with van der Waals surface area (Å²) >= 11 is 1.95. The van der Waals surface area contributed by atoms with Gasteiger partial charge in [0.15, 0.2) is 5.17 Å². The molecule has 3 rings (SSSR count). The molecule has 0 spiro atoms. The molecule has 0 amide bonds. The zero-order valence-corrected chi connectivity index (χ0v) is 13.1. The first kappa shape index (κ1) is 13.7. The lowest BCUT2D eigenvalue weighted by molar-refractivity contribution is 0.190. The van der Waals surface area contributed by atoms with Crippen LogP contribution in [0.1, 0.15) is 52.4 Å². The van der Waals surface area contributed by atoms with Crippen LogP contribution in [0.25, 0.3) is 0 Å². The average molecular weight is 281 g/mol. The monoisotopic (exact) mass is 281 g/mol. The molecule has 108 valence electrons. The van der Waals surface area contributed by atoms with E-state index in [4.69, 9.17) is 4.99 Å². The molecule has 2 unspecified atom stereocenters. The molecule has 0 bridgehead atoms. The van der Waals surface area contributed by atoms with Gasteiger partial charge in [0.05, 0.1) is 6.04 Å². The highest BCUT2D eigenvalue weighted by molar-refractivity contribution is 8.14. The highest BCUT2D eigenvalue weighted by Crippen LogP contribution is 2.33. The normalized spacial score (nSPS) is 36.4. The van der Waals surface area contributed by atoms with Crippen molar-refractivity contribution in [3.05, 3.63) is 0 Å². The van der Waals surface area contributed by atoms with Crippen molar-refractivity contribution < 1.29 is 0 Å². The Morgan fingerprint density at radius 2 is 2.11 bits per heavy atom. The van der Waals surface area contributed by atoms with E-state index in [1.165, 1.54) is 62.5 Å². The summed E-state index contributed by atoms with van der Waals surface area (Å²) in [6.45, 7) is 7.15. The molecule has 0 aliphatic carbocycles. The van der Waals surface area contributed by atoms with E-state index in [0.29, 0.717) is 11.6 Å². The molecule has 3 nitrogen and oxygen atoms in total. The second-order valence-electron chi connectivity index (χ2n) is 6.29. The summed E-state index contributed by atoms with van der Waals surface area (Å²) in [6, 6.07) is 1.29. The predicted molar refractivity (Wildman–Crippen MR) is 84.0 cm³/mol. The third-order valence-corrected chi connectivity index (χ3v) is 6.49. The average Bonchev–Trinajstić information content (AvgIpc) is 3.05. The first-order valence-electron chi connectivity index (χ1n) is 7.99. The number of thioether (sulfide) groups is 1. The topological polar surface area (TPSA) is 27.6 Å². The molecule has 3 heterocycles. The maximum absolute atomic E-state index is 5.08. The van der Waals surface area contributed by atoms with Crippen molar-refractivity contribution in [2.45, 2.75) is 70.0 Å². The van der Waals surface area contributed by atoms with Crippen molar-refractivity contribution in [1.82, 2.24) is 10.2 Å². The van der Waals surface area contributed by atoms with E-state index in [1.54, 1.807) is 0 Å². The van der Waals surface area contributed by atoms with Crippen LogP contribution >= 0.6 is 11.8 Å². The van der Waals surface area contributed by atoms with Gasteiger partial charge >= 0.3 is 0 Å². The summed E-state index contributed by atoms with van der Waals surface area (Å²) in [4.78, 5) is 7.75. The van der Waals surface area contributed by atoms with Crippen molar-refractivity contribution in [2.75, 3.05) is 18.8 Å². The number of nitrogens with zero attached hydrogens (tertiary/aromatic N) is 2. The fourth-order valence-electron chi connectivity index (χ4n) is 3.73. The van der Waals surface area contributed by atoms with Gasteiger partial charge in [-0.25, -0.2) is 0 Å². The van der Waals surface area contributed by atoms with Crippen LogP contribution in [0.15, 0.2) is 4.99 Å². The van der Waals surface area contributed by atoms with E-state index >= 15 is 0 Å². The van der Waals surface area contributed by atoms with Gasteiger partial charge in [-0.15, -0.1) is 0 Å². The molecule has 19 heavy (non-hydrogen) atoms. The summed E-state index contributed by atoms with van der Waals surface area (Å²) in [5.41, 5.74) is 0.314. The molecule has 3 aliphatic rings. The minimum Gasteiger partial charge on any atom is -0.359 e. The van der Waals surface area contributed by atoms with Gasteiger partial charge in [-0.1, -0.05) is 32.0 Å². The Hall–Kier alpha value is -0.220. The zero-order chi connectivity index (χ0) is 13.3. The van der Waals surface area contributed by atoms with Crippen molar-refractivity contribution in [3.63, 3.8) is 0 Å². The number of hydrogen-bond donors (Lipinski definition) is 1. The lowest BCUT2D eigenvalue weighted by Crippen LogP contribution is -2.43. The zero-order valence-electron chi connectivity index (χ0n) is 12.3. The maximum atomic E-state index is 5.08. The highest BCUT2D eigenvalue weighted by atomic mass is 32.2. The van der Waals surface area contributed by atoms with Gasteiger partial charge in [0, 0.05) is 23.9 Å². The number of amidine groups is 1. The van der Waals surface area contributed by atoms with Gasteiger partial charge < -0.3 is 5.32 Å². The summed E-state index contributed by atoms with van der Waals surface area (Å²) in [7, 11) is 0. The molecular formula is C15H27N3S. The van der Waals surface area contributed by atoms with Crippen LogP contribution in [0, 0.1) is 0 Å². The number of piperidine rings is 1. The number of nitrogens with one attached hydrogen (secondary N) is 1. The van der Waals surface area contributed by atoms with Crippen LogP contribution < -0.4 is 5.32 Å². The van der Waals surface area contributed by atoms with Gasteiger partial charge in [-0.2, -0.15) is 0 Å². The largest absolute Gasteiger partial charge is 0.359 e. The Kier molecular flexibility index (Phi) is 4.08. The van der Waals surface area contributed by atoms with Crippen molar-refractivity contribution in [2.24, 2.45) is 4.99 Å². The summed E-state index contributed by atoms with van der Waals surface area (Å²) < 4.78 is 0. The van der Waals surface area contributed by atoms with Gasteiger partial charge in [0.1, 0.15) is 0 Å². The molecule has 0 aromatic carbocycles. The first-order chi connectivity index (χ1) is 9.26. The molecule has 0 radical (unpaired) electrons. The van der Waals surface area contributed by atoms with E-state index in [9.17, 15) is 0 Å². The van der Waals surface area contributed by atoms with Crippen LogP contribution in [0.5, 0.6) is 0 Å². The number of fused-ring (bicyclic) bond motifs is 1. The second-order valence-corrected chi connectivity index (χ2v) is 7.25. The Labute approximate surface area is 121 Å². The fraction of sp³-hybridized carbons (Fsp3) is 0.933. The molecule has 3 aliphatic heterocycles. The Morgan fingerprint density at radius 1 is 1.26 bits per heavy atom. The quantitative estimate of drug-likeness (QED) is 0.862. The first-order valence-corrected chi connectivity index (χ1v) is 8.98. The van der Waals surface area contributed by atoms with Gasteiger partial charge in [-0.05, 0) is 38.6 Å². The highest BCUT2D eigenvalue weighted by Gasteiger charge is 2.38. The molecule has 3 fully saturated rings. The van der Waals surface area contributed by atoms with Crippen molar-refractivity contribution >= 4 is 16.9 Å². The molecule has 0 aromatic rings. The van der Waals surface area contributed by atoms with Gasteiger partial charge in [0.2, 0.25) is 0 Å². The minimum absolute atomic E-state index is 0.314. The van der Waals surface area contributed by atoms with Crippen LogP contribution in [0.4, 0.5) is 0 Å². The standard InChI is InChI=1S/C15H27N3S/c1-3-15(4-2)11-19-14(17-15)16-12-8-10-18-9-6-5-7-13(12)18/h12-13H,3-11H2,1-2H3,(H,16,17). The Morgan fingerprint density at radius 3 is 2.84 bits per heavy atom. The summed E-state index contributed by atoms with van der Waals surface area (Å²) in [5.74, 6) is 1.19. The van der Waals surface area contributed by atoms with Crippen molar-refractivity contribution in [1.29, 1.82) is 0 Å². The summed E-state index contributed by atoms with van der Waals surface area (Å²) in [5, 5.41) is 4.94. The van der Waals surface area contributed by atoms with Crippen LogP contribution in [0.2, 0.25) is 0 Å². The molecule has 1 N–H and O–H groups in total. The Balaban J connectivity index is 1.66. The van der Waals surface area contributed by atoms with Crippen LogP contribution in [-0.2, 0) is 0 Å². The lowest BCUT2D eigenvalue weighted by atomic mass is 9.96. The number of aliphatic imine (C=N–C) groups is 1. The fourth-order valence-corrected chi connectivity index (χ4v) is 5.12. The molecular weight excluding hydrogens is 254 g/mol. The van der Waals surface area contributed by atoms with E-state index in [0.717, 1.165) is 6.04 Å². The molecule has 0 saturated carbocycles. The third kappa shape index (κ3) is 2.66. The molecule has 4 heteroatoms. The predicted octanol–water partition coefficient (Wildman–Crippen LogP) is 2.86. The maximum Gasteiger partial charge on any atom is 0.157 e. The van der Waals surface area contributed by atoms with E-state index < -0.39 is 0 Å². The minimum atomic E-state index is 0.314. The smallest absolute Gasteiger partial charge is 0.157 e. The lowest BCUT2D eigenvalue weighted by Gasteiger charge is -2.31. The molecule has 3 saturated heterocycles. The van der Waals surface area contributed by atoms with Crippen molar-refractivity contribution in [3.8, 4) is 0 Å². The van der Waals surface area contributed by atoms with E-state index in [-0.39, 0.29) is 0 Å². The Bertz CT molecular complexity index is 351. The third-order valence-electron chi connectivity index (χ3n) is 5.31. The van der Waals surface area contributed by atoms with E-state index in [2.05, 4.69) is 24.1 Å². The SMILES string of the molecule is CCC1(CC)CSC(=NC2CCN3CCCCC23)N1. The van der Waals surface area contributed by atoms with Crippen LogP contribution in [0.3, 0.4) is 0 Å². The molecule has 0 aromatic heterocycles. The number of rotatable bonds is 3. The van der Waals surface area contributed by atoms with E-state index in [1.807, 2.05) is 11.8 Å². The van der Waals surface area contributed by atoms with Gasteiger partial charge in [0.25, 0.3) is 0 Å². The molecule has 2 atom stereocenters. The second kappa shape index (κ2) is 5.65. The van der Waals surface area contributed by atoms with Crippen LogP contribution in [-0.4, -0.2) is 46.5 Å².